The van der Waals surface area contributed by atoms with Crippen molar-refractivity contribution in [3.63, 3.8) is 0 Å². The second-order valence-corrected chi connectivity index (χ2v) is 6.61. The number of aryl methyl sites for hydroxylation is 1. The molecule has 0 aliphatic rings. The van der Waals surface area contributed by atoms with Crippen molar-refractivity contribution in [2.75, 3.05) is 6.54 Å². The zero-order chi connectivity index (χ0) is 14.6. The summed E-state index contributed by atoms with van der Waals surface area (Å²) < 4.78 is 41.4. The zero-order valence-electron chi connectivity index (χ0n) is 10.3. The van der Waals surface area contributed by atoms with Crippen LogP contribution in [0.3, 0.4) is 0 Å². The van der Waals surface area contributed by atoms with Crippen LogP contribution in [0.15, 0.2) is 40.0 Å². The van der Waals surface area contributed by atoms with Crippen LogP contribution in [0.25, 0.3) is 0 Å². The Morgan fingerprint density at radius 2 is 2.20 bits per heavy atom. The van der Waals surface area contributed by atoms with E-state index < -0.39 is 15.8 Å². The SMILES string of the molecule is O=S(=O)(NCCCn1ccnn1)c1ccc(Br)c(F)c1. The van der Waals surface area contributed by atoms with Crippen LogP contribution in [0.4, 0.5) is 4.39 Å². The highest BCUT2D eigenvalue weighted by Crippen LogP contribution is 2.19. The van der Waals surface area contributed by atoms with Crippen LogP contribution < -0.4 is 4.72 Å². The normalized spacial score (nSPS) is 11.7. The number of hydrogen-bond donors (Lipinski definition) is 1. The summed E-state index contributed by atoms with van der Waals surface area (Å²) in [5.74, 6) is -0.615. The van der Waals surface area contributed by atoms with Gasteiger partial charge in [0.2, 0.25) is 10.0 Å². The molecular weight excluding hydrogens is 351 g/mol. The molecule has 0 fully saturated rings. The summed E-state index contributed by atoms with van der Waals surface area (Å²) in [6, 6.07) is 3.68. The van der Waals surface area contributed by atoms with E-state index in [1.54, 1.807) is 17.1 Å². The lowest BCUT2D eigenvalue weighted by molar-refractivity contribution is 0.541. The van der Waals surface area contributed by atoms with Crippen molar-refractivity contribution in [2.24, 2.45) is 0 Å². The molecule has 1 aromatic carbocycles. The third kappa shape index (κ3) is 3.84. The highest BCUT2D eigenvalue weighted by molar-refractivity contribution is 9.10. The highest BCUT2D eigenvalue weighted by Gasteiger charge is 2.15. The van der Waals surface area contributed by atoms with Crippen LogP contribution in [0.2, 0.25) is 0 Å². The number of aromatic nitrogens is 3. The van der Waals surface area contributed by atoms with Crippen LogP contribution in [0.5, 0.6) is 0 Å². The Kier molecular flexibility index (Phi) is 4.84. The van der Waals surface area contributed by atoms with Gasteiger partial charge in [0.25, 0.3) is 0 Å². The van der Waals surface area contributed by atoms with Gasteiger partial charge in [0.1, 0.15) is 5.82 Å². The average Bonchev–Trinajstić information content (AvgIpc) is 2.91. The Hall–Kier alpha value is -1.32. The molecule has 0 bridgehead atoms. The van der Waals surface area contributed by atoms with Crippen molar-refractivity contribution in [1.82, 2.24) is 19.7 Å². The van der Waals surface area contributed by atoms with Crippen molar-refractivity contribution in [3.8, 4) is 0 Å². The molecule has 0 unspecified atom stereocenters. The third-order valence-electron chi connectivity index (χ3n) is 2.53. The third-order valence-corrected chi connectivity index (χ3v) is 4.63. The van der Waals surface area contributed by atoms with Gasteiger partial charge < -0.3 is 0 Å². The minimum Gasteiger partial charge on any atom is -0.253 e. The Morgan fingerprint density at radius 3 is 2.85 bits per heavy atom. The van der Waals surface area contributed by atoms with Crippen molar-refractivity contribution in [3.05, 3.63) is 40.9 Å². The van der Waals surface area contributed by atoms with Crippen molar-refractivity contribution < 1.29 is 12.8 Å². The Labute approximate surface area is 124 Å². The van der Waals surface area contributed by atoms with Gasteiger partial charge in [0.05, 0.1) is 15.6 Å². The van der Waals surface area contributed by atoms with Crippen LogP contribution in [-0.2, 0) is 16.6 Å². The summed E-state index contributed by atoms with van der Waals surface area (Å²) in [4.78, 5) is -0.0982. The molecule has 0 amide bonds. The summed E-state index contributed by atoms with van der Waals surface area (Å²) in [5.41, 5.74) is 0. The maximum absolute atomic E-state index is 13.3. The summed E-state index contributed by atoms with van der Waals surface area (Å²) >= 11 is 2.98. The molecule has 0 aliphatic heterocycles. The van der Waals surface area contributed by atoms with E-state index in [4.69, 9.17) is 0 Å². The minimum atomic E-state index is -3.70. The molecule has 0 saturated carbocycles. The van der Waals surface area contributed by atoms with Gasteiger partial charge in [-0.2, -0.15) is 0 Å². The van der Waals surface area contributed by atoms with E-state index in [0.29, 0.717) is 13.0 Å². The van der Waals surface area contributed by atoms with E-state index in [9.17, 15) is 12.8 Å². The van der Waals surface area contributed by atoms with Gasteiger partial charge in [-0.05, 0) is 40.5 Å². The number of rotatable bonds is 6. The fourth-order valence-electron chi connectivity index (χ4n) is 1.53. The Balaban J connectivity index is 1.92. The largest absolute Gasteiger partial charge is 0.253 e. The standard InChI is InChI=1S/C11H12BrFN4O2S/c12-10-3-2-9(8-11(10)13)20(18,19)15-4-1-6-17-7-5-14-16-17/h2-3,5,7-8,15H,1,4,6H2. The molecule has 0 saturated heterocycles. The molecule has 20 heavy (non-hydrogen) atoms. The van der Waals surface area contributed by atoms with E-state index in [0.717, 1.165) is 6.07 Å². The van der Waals surface area contributed by atoms with Crippen LogP contribution in [-0.4, -0.2) is 30.0 Å². The van der Waals surface area contributed by atoms with Gasteiger partial charge in [-0.15, -0.1) is 5.10 Å². The predicted molar refractivity (Wildman–Crippen MR) is 73.9 cm³/mol. The van der Waals surface area contributed by atoms with E-state index >= 15 is 0 Å². The molecule has 1 aromatic heterocycles. The molecule has 0 spiro atoms. The van der Waals surface area contributed by atoms with E-state index in [1.165, 1.54) is 12.1 Å². The summed E-state index contributed by atoms with van der Waals surface area (Å²) in [6.07, 6.45) is 3.80. The molecule has 6 nitrogen and oxygen atoms in total. The average molecular weight is 363 g/mol. The number of hydrogen-bond acceptors (Lipinski definition) is 4. The molecule has 0 atom stereocenters. The number of nitrogens with zero attached hydrogens (tertiary/aromatic N) is 3. The molecule has 9 heteroatoms. The molecule has 2 aromatic rings. The van der Waals surface area contributed by atoms with Gasteiger partial charge in [0, 0.05) is 19.3 Å². The monoisotopic (exact) mass is 362 g/mol. The van der Waals surface area contributed by atoms with Crippen LogP contribution in [0.1, 0.15) is 6.42 Å². The van der Waals surface area contributed by atoms with Crippen molar-refractivity contribution >= 4 is 26.0 Å². The lowest BCUT2D eigenvalue weighted by atomic mass is 10.3. The maximum Gasteiger partial charge on any atom is 0.240 e. The fraction of sp³-hybridized carbons (Fsp3) is 0.273. The minimum absolute atomic E-state index is 0.0982. The molecule has 108 valence electrons. The summed E-state index contributed by atoms with van der Waals surface area (Å²) in [5, 5.41) is 7.41. The number of benzene rings is 1. The first-order valence-electron chi connectivity index (χ1n) is 5.78. The zero-order valence-corrected chi connectivity index (χ0v) is 12.7. The van der Waals surface area contributed by atoms with Crippen LogP contribution in [0, 0.1) is 5.82 Å². The summed E-state index contributed by atoms with van der Waals surface area (Å²) in [7, 11) is -3.70. The molecule has 0 aliphatic carbocycles. The predicted octanol–water partition coefficient (Wildman–Crippen LogP) is 1.55. The quantitative estimate of drug-likeness (QED) is 0.790. The first kappa shape index (κ1) is 15.1. The Bertz CT molecular complexity index is 676. The lowest BCUT2D eigenvalue weighted by Gasteiger charge is -2.07. The van der Waals surface area contributed by atoms with E-state index in [-0.39, 0.29) is 15.9 Å². The van der Waals surface area contributed by atoms with E-state index in [1.807, 2.05) is 0 Å². The first-order chi connectivity index (χ1) is 9.49. The van der Waals surface area contributed by atoms with Gasteiger partial charge in [0.15, 0.2) is 0 Å². The van der Waals surface area contributed by atoms with Gasteiger partial charge >= 0.3 is 0 Å². The molecule has 1 heterocycles. The number of halogens is 2. The van der Waals surface area contributed by atoms with Crippen LogP contribution >= 0.6 is 15.9 Å². The van der Waals surface area contributed by atoms with Gasteiger partial charge in [-0.25, -0.2) is 17.5 Å². The topological polar surface area (TPSA) is 76.9 Å². The highest BCUT2D eigenvalue weighted by atomic mass is 79.9. The molecule has 1 N–H and O–H groups in total. The molecular formula is C11H12BrFN4O2S. The second kappa shape index (κ2) is 6.42. The number of nitrogens with one attached hydrogen (secondary N) is 1. The Morgan fingerprint density at radius 1 is 1.40 bits per heavy atom. The first-order valence-corrected chi connectivity index (χ1v) is 8.05. The van der Waals surface area contributed by atoms with Gasteiger partial charge in [-0.1, -0.05) is 5.21 Å². The van der Waals surface area contributed by atoms with Crippen molar-refractivity contribution in [1.29, 1.82) is 0 Å². The van der Waals surface area contributed by atoms with E-state index in [2.05, 4.69) is 31.0 Å². The summed E-state index contributed by atoms with van der Waals surface area (Å²) in [6.45, 7) is 0.789. The van der Waals surface area contributed by atoms with Gasteiger partial charge in [-0.3, -0.25) is 4.68 Å². The molecule has 0 radical (unpaired) electrons. The van der Waals surface area contributed by atoms with Crippen molar-refractivity contribution in [2.45, 2.75) is 17.9 Å². The molecule has 2 rings (SSSR count). The maximum atomic E-state index is 13.3. The fourth-order valence-corrected chi connectivity index (χ4v) is 2.86. The smallest absolute Gasteiger partial charge is 0.240 e. The lowest BCUT2D eigenvalue weighted by Crippen LogP contribution is -2.25. The second-order valence-electron chi connectivity index (χ2n) is 3.99. The number of sulfonamides is 1.